The average Bonchev–Trinajstić information content (AvgIpc) is 2.90. The molecule has 0 aliphatic carbocycles. The number of imidazole rings is 1. The lowest BCUT2D eigenvalue weighted by atomic mass is 10.2. The van der Waals surface area contributed by atoms with E-state index in [9.17, 15) is 4.79 Å². The fourth-order valence-electron chi connectivity index (χ4n) is 1.63. The smallest absolute Gasteiger partial charge is 0.249 e. The molecule has 1 aliphatic heterocycles. The largest absolute Gasteiger partial charge is 0.368 e. The molecule has 0 saturated carbocycles. The molecule has 1 N–H and O–H groups in total. The van der Waals surface area contributed by atoms with Crippen molar-refractivity contribution in [3.63, 3.8) is 0 Å². The van der Waals surface area contributed by atoms with Crippen molar-refractivity contribution in [2.24, 2.45) is 0 Å². The molecule has 1 fully saturated rings. The molecule has 1 aliphatic rings. The van der Waals surface area contributed by atoms with Crippen LogP contribution in [0.1, 0.15) is 12.8 Å². The molecular weight excluding hydrogens is 194 g/mol. The van der Waals surface area contributed by atoms with E-state index in [0.717, 1.165) is 19.4 Å². The van der Waals surface area contributed by atoms with E-state index in [1.807, 2.05) is 10.8 Å². The van der Waals surface area contributed by atoms with Crippen LogP contribution >= 0.6 is 0 Å². The molecule has 5 heteroatoms. The van der Waals surface area contributed by atoms with Crippen LogP contribution < -0.4 is 5.32 Å². The Hall–Kier alpha value is -1.36. The van der Waals surface area contributed by atoms with Gasteiger partial charge in [0, 0.05) is 32.1 Å². The second-order valence-corrected chi connectivity index (χ2v) is 3.59. The maximum absolute atomic E-state index is 11.5. The molecule has 2 heterocycles. The van der Waals surface area contributed by atoms with Crippen molar-refractivity contribution in [3.05, 3.63) is 18.7 Å². The first-order valence-corrected chi connectivity index (χ1v) is 5.21. The van der Waals surface area contributed by atoms with Crippen LogP contribution in [0.15, 0.2) is 18.7 Å². The van der Waals surface area contributed by atoms with Crippen LogP contribution in [0.5, 0.6) is 0 Å². The Balaban J connectivity index is 1.67. The number of hydrogen-bond donors (Lipinski definition) is 1. The Morgan fingerprint density at radius 3 is 3.27 bits per heavy atom. The highest BCUT2D eigenvalue weighted by molar-refractivity contribution is 5.80. The zero-order valence-corrected chi connectivity index (χ0v) is 8.56. The van der Waals surface area contributed by atoms with E-state index in [0.29, 0.717) is 13.2 Å². The maximum atomic E-state index is 11.5. The summed E-state index contributed by atoms with van der Waals surface area (Å²) in [6.45, 7) is 2.08. The minimum Gasteiger partial charge on any atom is -0.368 e. The number of carbonyl (C=O) groups excluding carboxylic acids is 1. The first-order chi connectivity index (χ1) is 7.36. The summed E-state index contributed by atoms with van der Waals surface area (Å²) in [5, 5.41) is 2.85. The number of rotatable bonds is 4. The summed E-state index contributed by atoms with van der Waals surface area (Å²) in [6, 6.07) is 0. The Labute approximate surface area is 88.4 Å². The van der Waals surface area contributed by atoms with E-state index < -0.39 is 0 Å². The molecule has 0 spiro atoms. The fourth-order valence-corrected chi connectivity index (χ4v) is 1.63. The third-order valence-corrected chi connectivity index (χ3v) is 2.45. The van der Waals surface area contributed by atoms with Crippen molar-refractivity contribution in [2.45, 2.75) is 25.5 Å². The van der Waals surface area contributed by atoms with Crippen LogP contribution in [0.4, 0.5) is 0 Å². The van der Waals surface area contributed by atoms with Gasteiger partial charge in [-0.2, -0.15) is 0 Å². The molecule has 0 radical (unpaired) electrons. The molecule has 0 bridgehead atoms. The number of aromatic nitrogens is 2. The van der Waals surface area contributed by atoms with E-state index in [4.69, 9.17) is 4.74 Å². The van der Waals surface area contributed by atoms with E-state index >= 15 is 0 Å². The lowest BCUT2D eigenvalue weighted by molar-refractivity contribution is -0.130. The first kappa shape index (κ1) is 10.2. The minimum atomic E-state index is -0.229. The predicted molar refractivity (Wildman–Crippen MR) is 54.2 cm³/mol. The summed E-state index contributed by atoms with van der Waals surface area (Å²) in [6.07, 6.45) is 6.93. The molecule has 82 valence electrons. The molecule has 0 unspecified atom stereocenters. The molecule has 0 aromatic carbocycles. The third kappa shape index (κ3) is 2.79. The Morgan fingerprint density at radius 2 is 2.60 bits per heavy atom. The Kier molecular flexibility index (Phi) is 3.34. The van der Waals surface area contributed by atoms with E-state index in [2.05, 4.69) is 10.3 Å². The molecule has 1 aromatic heterocycles. The summed E-state index contributed by atoms with van der Waals surface area (Å²) >= 11 is 0. The van der Waals surface area contributed by atoms with Gasteiger partial charge >= 0.3 is 0 Å². The zero-order chi connectivity index (χ0) is 10.5. The van der Waals surface area contributed by atoms with E-state index in [1.165, 1.54) is 0 Å². The number of nitrogens with zero attached hydrogens (tertiary/aromatic N) is 2. The third-order valence-electron chi connectivity index (χ3n) is 2.45. The van der Waals surface area contributed by atoms with Crippen molar-refractivity contribution in [2.75, 3.05) is 13.2 Å². The number of nitrogens with one attached hydrogen (secondary N) is 1. The van der Waals surface area contributed by atoms with Gasteiger partial charge in [-0.25, -0.2) is 4.98 Å². The lowest BCUT2D eigenvalue weighted by Gasteiger charge is -2.10. The van der Waals surface area contributed by atoms with E-state index in [-0.39, 0.29) is 12.0 Å². The van der Waals surface area contributed by atoms with Crippen LogP contribution in [0, 0.1) is 0 Å². The summed E-state index contributed by atoms with van der Waals surface area (Å²) in [5.41, 5.74) is 0. The second kappa shape index (κ2) is 4.93. The first-order valence-electron chi connectivity index (χ1n) is 5.21. The second-order valence-electron chi connectivity index (χ2n) is 3.59. The van der Waals surface area contributed by atoms with Gasteiger partial charge in [-0.15, -0.1) is 0 Å². The quantitative estimate of drug-likeness (QED) is 0.769. The van der Waals surface area contributed by atoms with Crippen LogP contribution in [0.2, 0.25) is 0 Å². The van der Waals surface area contributed by atoms with Gasteiger partial charge in [0.2, 0.25) is 5.91 Å². The van der Waals surface area contributed by atoms with Gasteiger partial charge < -0.3 is 14.6 Å². The van der Waals surface area contributed by atoms with Crippen molar-refractivity contribution in [1.82, 2.24) is 14.9 Å². The standard InChI is InChI=1S/C10H15N3O2/c14-10(9-2-1-7-15-9)12-4-6-13-5-3-11-8-13/h3,5,8-9H,1-2,4,6-7H2,(H,12,14)/t9-/m1/s1. The number of carbonyl (C=O) groups is 1. The monoisotopic (exact) mass is 209 g/mol. The number of hydrogen-bond acceptors (Lipinski definition) is 3. The SMILES string of the molecule is O=C(NCCn1ccnc1)[C@H]1CCCO1. The molecule has 1 aromatic rings. The van der Waals surface area contributed by atoms with Gasteiger partial charge in [-0.05, 0) is 12.8 Å². The lowest BCUT2D eigenvalue weighted by Crippen LogP contribution is -2.35. The summed E-state index contributed by atoms with van der Waals surface area (Å²) < 4.78 is 7.20. The molecule has 1 saturated heterocycles. The van der Waals surface area contributed by atoms with Crippen molar-refractivity contribution >= 4 is 5.91 Å². The Bertz CT molecular complexity index is 304. The zero-order valence-electron chi connectivity index (χ0n) is 8.56. The minimum absolute atomic E-state index is 0.00705. The van der Waals surface area contributed by atoms with Gasteiger partial charge in [0.05, 0.1) is 6.33 Å². The topological polar surface area (TPSA) is 56.2 Å². The summed E-state index contributed by atoms with van der Waals surface area (Å²) in [4.78, 5) is 15.4. The van der Waals surface area contributed by atoms with Crippen LogP contribution in [-0.2, 0) is 16.1 Å². The van der Waals surface area contributed by atoms with Crippen LogP contribution in [-0.4, -0.2) is 34.7 Å². The van der Waals surface area contributed by atoms with Crippen LogP contribution in [0.25, 0.3) is 0 Å². The van der Waals surface area contributed by atoms with Gasteiger partial charge in [0.25, 0.3) is 0 Å². The maximum Gasteiger partial charge on any atom is 0.249 e. The molecular formula is C10H15N3O2. The van der Waals surface area contributed by atoms with E-state index in [1.54, 1.807) is 12.5 Å². The summed E-state index contributed by atoms with van der Waals surface area (Å²) in [7, 11) is 0. The van der Waals surface area contributed by atoms with Gasteiger partial charge in [-0.3, -0.25) is 4.79 Å². The molecule has 1 atom stereocenters. The highest BCUT2D eigenvalue weighted by Crippen LogP contribution is 2.11. The van der Waals surface area contributed by atoms with Crippen molar-refractivity contribution < 1.29 is 9.53 Å². The van der Waals surface area contributed by atoms with Gasteiger partial charge in [0.1, 0.15) is 6.10 Å². The van der Waals surface area contributed by atoms with Crippen molar-refractivity contribution in [3.8, 4) is 0 Å². The Morgan fingerprint density at radius 1 is 1.67 bits per heavy atom. The van der Waals surface area contributed by atoms with Crippen molar-refractivity contribution in [1.29, 1.82) is 0 Å². The molecule has 5 nitrogen and oxygen atoms in total. The average molecular weight is 209 g/mol. The number of amides is 1. The molecule has 15 heavy (non-hydrogen) atoms. The highest BCUT2D eigenvalue weighted by Gasteiger charge is 2.22. The fraction of sp³-hybridized carbons (Fsp3) is 0.600. The van der Waals surface area contributed by atoms with Gasteiger partial charge in [-0.1, -0.05) is 0 Å². The molecule has 2 rings (SSSR count). The normalized spacial score (nSPS) is 20.4. The summed E-state index contributed by atoms with van der Waals surface area (Å²) in [5.74, 6) is 0.00705. The van der Waals surface area contributed by atoms with Gasteiger partial charge in [0.15, 0.2) is 0 Å². The number of ether oxygens (including phenoxy) is 1. The molecule has 1 amide bonds. The predicted octanol–water partition coefficient (Wildman–Crippen LogP) is 0.178. The van der Waals surface area contributed by atoms with Crippen LogP contribution in [0.3, 0.4) is 0 Å². The highest BCUT2D eigenvalue weighted by atomic mass is 16.5.